The molecule has 0 aliphatic carbocycles. The molecule has 0 saturated carbocycles. The average Bonchev–Trinajstić information content (AvgIpc) is 2.32. The summed E-state index contributed by atoms with van der Waals surface area (Å²) in [5, 5.41) is 19.8. The fourth-order valence-corrected chi connectivity index (χ4v) is 3.12. The van der Waals surface area contributed by atoms with Gasteiger partial charge in [0.05, 0.1) is 0 Å². The molecule has 19 heavy (non-hydrogen) atoms. The van der Waals surface area contributed by atoms with E-state index in [1.807, 2.05) is 0 Å². The number of allylic oxidation sites excluding steroid dienone is 1. The minimum absolute atomic E-state index is 0.121. The smallest absolute Gasteiger partial charge is 0.327 e. The van der Waals surface area contributed by atoms with Gasteiger partial charge in [-0.15, -0.1) is 0 Å². The summed E-state index contributed by atoms with van der Waals surface area (Å²) in [5.74, 6) is -2.45. The lowest BCUT2D eigenvalue weighted by molar-refractivity contribution is -0.140. The Morgan fingerprint density at radius 3 is 2.26 bits per heavy atom. The van der Waals surface area contributed by atoms with Crippen LogP contribution in [0.5, 0.6) is 0 Å². The molecule has 0 saturated heterocycles. The quantitative estimate of drug-likeness (QED) is 0.264. The Balaban J connectivity index is 4.06. The van der Waals surface area contributed by atoms with E-state index in [9.17, 15) is 14.4 Å². The van der Waals surface area contributed by atoms with Crippen LogP contribution in [-0.2, 0) is 14.4 Å². The standard InChI is InChI=1S/C10H16N2O5S2/c1-2-3-8(13)12-7(10(16)17)5-19-18-4-6(11)9(14)15/h2-3,6-7H,4-5,11H2,1H3,(H,12,13)(H,14,15)(H,16,17)/t6-,7-/m0/s1. The lowest BCUT2D eigenvalue weighted by Gasteiger charge is -2.12. The van der Waals surface area contributed by atoms with Crippen LogP contribution in [0, 0.1) is 0 Å². The maximum absolute atomic E-state index is 11.2. The van der Waals surface area contributed by atoms with Crippen LogP contribution in [0.15, 0.2) is 12.2 Å². The first-order valence-electron chi connectivity index (χ1n) is 5.27. The van der Waals surface area contributed by atoms with Gasteiger partial charge in [0.1, 0.15) is 12.1 Å². The second kappa shape index (κ2) is 9.70. The third-order valence-electron chi connectivity index (χ3n) is 1.82. The number of carbonyl (C=O) groups is 3. The molecule has 0 spiro atoms. The molecule has 5 N–H and O–H groups in total. The number of hydrogen-bond acceptors (Lipinski definition) is 6. The SMILES string of the molecule is CC=CC(=O)N[C@@H](CSSC[C@H](N)C(=O)O)C(=O)O. The molecule has 1 amide bonds. The van der Waals surface area contributed by atoms with Gasteiger partial charge in [0, 0.05) is 11.5 Å². The Hall–Kier alpha value is -1.19. The van der Waals surface area contributed by atoms with Crippen LogP contribution in [0.2, 0.25) is 0 Å². The van der Waals surface area contributed by atoms with Gasteiger partial charge in [-0.3, -0.25) is 9.59 Å². The van der Waals surface area contributed by atoms with Crippen LogP contribution in [0.4, 0.5) is 0 Å². The van der Waals surface area contributed by atoms with Crippen LogP contribution >= 0.6 is 21.6 Å². The second-order valence-electron chi connectivity index (χ2n) is 3.41. The predicted octanol–water partition coefficient (Wildman–Crippen LogP) is -0.0748. The molecule has 2 atom stereocenters. The number of carbonyl (C=O) groups excluding carboxylic acids is 1. The maximum Gasteiger partial charge on any atom is 0.327 e. The Labute approximate surface area is 118 Å². The summed E-state index contributed by atoms with van der Waals surface area (Å²) < 4.78 is 0. The van der Waals surface area contributed by atoms with Crippen LogP contribution in [-0.4, -0.2) is 51.6 Å². The minimum atomic E-state index is -1.14. The summed E-state index contributed by atoms with van der Waals surface area (Å²) in [5.41, 5.74) is 5.28. The molecule has 0 aromatic carbocycles. The molecule has 0 radical (unpaired) electrons. The summed E-state index contributed by atoms with van der Waals surface area (Å²) >= 11 is 0. The number of carboxylic acid groups (broad SMARTS) is 2. The van der Waals surface area contributed by atoms with Gasteiger partial charge >= 0.3 is 11.9 Å². The topological polar surface area (TPSA) is 130 Å². The first-order chi connectivity index (χ1) is 8.88. The highest BCUT2D eigenvalue weighted by Crippen LogP contribution is 2.22. The summed E-state index contributed by atoms with van der Waals surface area (Å²) in [6.45, 7) is 1.65. The summed E-state index contributed by atoms with van der Waals surface area (Å²) in [6, 6.07) is -2.01. The maximum atomic E-state index is 11.2. The normalized spacial score (nSPS) is 14.0. The molecule has 0 fully saturated rings. The fraction of sp³-hybridized carbons (Fsp3) is 0.500. The predicted molar refractivity (Wildman–Crippen MR) is 74.9 cm³/mol. The van der Waals surface area contributed by atoms with Crippen molar-refractivity contribution in [1.29, 1.82) is 0 Å². The zero-order valence-corrected chi connectivity index (χ0v) is 11.9. The van der Waals surface area contributed by atoms with Crippen molar-refractivity contribution in [3.8, 4) is 0 Å². The zero-order chi connectivity index (χ0) is 14.8. The third-order valence-corrected chi connectivity index (χ3v) is 4.26. The molecule has 7 nitrogen and oxygen atoms in total. The lowest BCUT2D eigenvalue weighted by Crippen LogP contribution is -2.41. The highest BCUT2D eigenvalue weighted by atomic mass is 33.1. The molecule has 0 aromatic rings. The number of nitrogens with two attached hydrogens (primary N) is 1. The lowest BCUT2D eigenvalue weighted by atomic mass is 10.3. The Morgan fingerprint density at radius 1 is 1.21 bits per heavy atom. The molecule has 0 rings (SSSR count). The van der Waals surface area contributed by atoms with E-state index in [4.69, 9.17) is 15.9 Å². The van der Waals surface area contributed by atoms with E-state index < -0.39 is 29.9 Å². The number of amides is 1. The van der Waals surface area contributed by atoms with E-state index >= 15 is 0 Å². The van der Waals surface area contributed by atoms with Crippen molar-refractivity contribution in [2.45, 2.75) is 19.0 Å². The van der Waals surface area contributed by atoms with Crippen molar-refractivity contribution in [2.75, 3.05) is 11.5 Å². The van der Waals surface area contributed by atoms with Crippen LogP contribution in [0.1, 0.15) is 6.92 Å². The van der Waals surface area contributed by atoms with Gasteiger partial charge in [-0.1, -0.05) is 27.7 Å². The largest absolute Gasteiger partial charge is 0.480 e. The van der Waals surface area contributed by atoms with E-state index in [1.54, 1.807) is 6.92 Å². The molecule has 108 valence electrons. The summed E-state index contributed by atoms with van der Waals surface area (Å²) in [6.07, 6.45) is 2.73. The molecule has 0 heterocycles. The molecule has 0 aromatic heterocycles. The van der Waals surface area contributed by atoms with Gasteiger partial charge in [0.2, 0.25) is 5.91 Å². The molecule has 9 heteroatoms. The highest BCUT2D eigenvalue weighted by molar-refractivity contribution is 8.76. The number of hydrogen-bond donors (Lipinski definition) is 4. The van der Waals surface area contributed by atoms with Crippen molar-refractivity contribution in [3.05, 3.63) is 12.2 Å². The van der Waals surface area contributed by atoms with Crippen LogP contribution < -0.4 is 11.1 Å². The first-order valence-corrected chi connectivity index (χ1v) is 7.76. The third kappa shape index (κ3) is 8.51. The van der Waals surface area contributed by atoms with Crippen molar-refractivity contribution in [1.82, 2.24) is 5.32 Å². The van der Waals surface area contributed by atoms with Gasteiger partial charge < -0.3 is 21.3 Å². The van der Waals surface area contributed by atoms with E-state index in [-0.39, 0.29) is 11.5 Å². The number of aliphatic carboxylic acids is 2. The highest BCUT2D eigenvalue weighted by Gasteiger charge is 2.19. The van der Waals surface area contributed by atoms with Gasteiger partial charge in [-0.05, 0) is 13.0 Å². The van der Waals surface area contributed by atoms with E-state index in [0.717, 1.165) is 21.6 Å². The molecule has 0 aliphatic heterocycles. The average molecular weight is 308 g/mol. The van der Waals surface area contributed by atoms with Crippen molar-refractivity contribution < 1.29 is 24.6 Å². The Kier molecular flexibility index (Phi) is 9.09. The van der Waals surface area contributed by atoms with Gasteiger partial charge in [0.25, 0.3) is 0 Å². The zero-order valence-electron chi connectivity index (χ0n) is 10.2. The molecule has 0 unspecified atom stereocenters. The van der Waals surface area contributed by atoms with Crippen LogP contribution in [0.3, 0.4) is 0 Å². The van der Waals surface area contributed by atoms with Crippen molar-refractivity contribution >= 4 is 39.4 Å². The molecular weight excluding hydrogens is 292 g/mol. The van der Waals surface area contributed by atoms with Crippen molar-refractivity contribution in [2.24, 2.45) is 5.73 Å². The minimum Gasteiger partial charge on any atom is -0.480 e. The summed E-state index contributed by atoms with van der Waals surface area (Å²) in [7, 11) is 2.30. The molecule has 0 aliphatic rings. The number of nitrogens with one attached hydrogen (secondary N) is 1. The number of rotatable bonds is 9. The second-order valence-corrected chi connectivity index (χ2v) is 5.97. The van der Waals surface area contributed by atoms with Crippen molar-refractivity contribution in [3.63, 3.8) is 0 Å². The monoisotopic (exact) mass is 308 g/mol. The molecular formula is C10H16N2O5S2. The van der Waals surface area contributed by atoms with E-state index in [2.05, 4.69) is 5.32 Å². The first kappa shape index (κ1) is 17.8. The van der Waals surface area contributed by atoms with E-state index in [0.29, 0.717) is 0 Å². The number of carboxylic acids is 2. The van der Waals surface area contributed by atoms with Gasteiger partial charge in [0.15, 0.2) is 0 Å². The summed E-state index contributed by atoms with van der Waals surface area (Å²) in [4.78, 5) is 32.6. The van der Waals surface area contributed by atoms with Gasteiger partial charge in [-0.2, -0.15) is 0 Å². The Morgan fingerprint density at radius 2 is 1.79 bits per heavy atom. The Bertz CT molecular complexity index is 362. The van der Waals surface area contributed by atoms with Gasteiger partial charge in [-0.25, -0.2) is 4.79 Å². The fourth-order valence-electron chi connectivity index (χ4n) is 0.855. The van der Waals surface area contributed by atoms with Crippen LogP contribution in [0.25, 0.3) is 0 Å². The van der Waals surface area contributed by atoms with E-state index in [1.165, 1.54) is 12.2 Å². The molecule has 0 bridgehead atoms.